The minimum Gasteiger partial charge on any atom is -0.457 e. The number of ether oxygens (including phenoxy) is 1. The van der Waals surface area contributed by atoms with Crippen molar-refractivity contribution < 1.29 is 4.74 Å². The summed E-state index contributed by atoms with van der Waals surface area (Å²) in [6.45, 7) is 7.07. The van der Waals surface area contributed by atoms with Gasteiger partial charge < -0.3 is 9.64 Å². The van der Waals surface area contributed by atoms with E-state index in [0.717, 1.165) is 38.4 Å². The summed E-state index contributed by atoms with van der Waals surface area (Å²) in [5, 5.41) is 0.671. The first-order valence-corrected chi connectivity index (χ1v) is 8.84. The van der Waals surface area contributed by atoms with Crippen LogP contribution in [0.1, 0.15) is 18.1 Å². The summed E-state index contributed by atoms with van der Waals surface area (Å²) in [5.74, 6) is 1.56. The first kappa shape index (κ1) is 18.1. The van der Waals surface area contributed by atoms with Crippen molar-refractivity contribution in [2.45, 2.75) is 20.8 Å². The molecule has 3 nitrogen and oxygen atoms in total. The molecule has 23 heavy (non-hydrogen) atoms. The van der Waals surface area contributed by atoms with Gasteiger partial charge in [0.15, 0.2) is 0 Å². The Kier molecular flexibility index (Phi) is 6.30. The van der Waals surface area contributed by atoms with Gasteiger partial charge >= 0.3 is 0 Å². The van der Waals surface area contributed by atoms with E-state index < -0.39 is 0 Å². The number of hydrogen-bond donors (Lipinski definition) is 0. The van der Waals surface area contributed by atoms with Crippen LogP contribution in [-0.2, 0) is 0 Å². The van der Waals surface area contributed by atoms with Crippen molar-refractivity contribution in [2.24, 2.45) is 4.99 Å². The van der Waals surface area contributed by atoms with Gasteiger partial charge in [0.2, 0.25) is 0 Å². The third-order valence-electron chi connectivity index (χ3n) is 3.45. The summed E-state index contributed by atoms with van der Waals surface area (Å²) >= 11 is 8.32. The molecule has 0 aromatic heterocycles. The van der Waals surface area contributed by atoms with Gasteiger partial charge in [-0.25, -0.2) is 4.99 Å². The van der Waals surface area contributed by atoms with E-state index in [1.54, 1.807) is 0 Å². The first-order valence-electron chi connectivity index (χ1n) is 7.38. The van der Waals surface area contributed by atoms with Crippen LogP contribution in [0.25, 0.3) is 0 Å². The zero-order valence-corrected chi connectivity index (χ0v) is 16.6. The predicted octanol–water partition coefficient (Wildman–Crippen LogP) is 5.97. The van der Waals surface area contributed by atoms with Gasteiger partial charge in [-0.1, -0.05) is 11.6 Å². The largest absolute Gasteiger partial charge is 0.457 e. The number of nitrogens with zero attached hydrogens (tertiary/aromatic N) is 2. The molecule has 0 saturated carbocycles. The maximum atomic E-state index is 6.09. The van der Waals surface area contributed by atoms with Gasteiger partial charge in [0.1, 0.15) is 11.5 Å². The van der Waals surface area contributed by atoms with Gasteiger partial charge in [0.25, 0.3) is 0 Å². The van der Waals surface area contributed by atoms with Crippen LogP contribution >= 0.6 is 34.2 Å². The van der Waals surface area contributed by atoms with Crippen molar-refractivity contribution in [3.05, 3.63) is 50.1 Å². The normalized spacial score (nSPS) is 11.0. The quantitative estimate of drug-likeness (QED) is 0.324. The molecule has 0 aliphatic rings. The number of rotatable bonds is 5. The van der Waals surface area contributed by atoms with E-state index >= 15 is 0 Å². The highest BCUT2D eigenvalue weighted by molar-refractivity contribution is 14.1. The number of benzene rings is 2. The average Bonchev–Trinajstić information content (AvgIpc) is 2.47. The molecule has 0 heterocycles. The van der Waals surface area contributed by atoms with E-state index in [1.807, 2.05) is 62.5 Å². The fourth-order valence-corrected chi connectivity index (χ4v) is 3.03. The SMILES string of the molecule is CCN(C)C=Nc1cc(C)c(Oc2cc(Cl)cc(I)c2)cc1C. The second-order valence-corrected chi connectivity index (χ2v) is 7.11. The first-order chi connectivity index (χ1) is 10.9. The van der Waals surface area contributed by atoms with Crippen molar-refractivity contribution in [3.63, 3.8) is 0 Å². The van der Waals surface area contributed by atoms with Gasteiger partial charge in [-0.15, -0.1) is 0 Å². The van der Waals surface area contributed by atoms with Crippen LogP contribution in [0.5, 0.6) is 11.5 Å². The molecule has 0 spiro atoms. The molecule has 0 N–H and O–H groups in total. The van der Waals surface area contributed by atoms with Gasteiger partial charge in [-0.2, -0.15) is 0 Å². The average molecular weight is 443 g/mol. The lowest BCUT2D eigenvalue weighted by atomic mass is 10.1. The van der Waals surface area contributed by atoms with Crippen LogP contribution in [0, 0.1) is 17.4 Å². The van der Waals surface area contributed by atoms with Crippen LogP contribution < -0.4 is 4.74 Å². The van der Waals surface area contributed by atoms with Crippen LogP contribution in [-0.4, -0.2) is 24.8 Å². The summed E-state index contributed by atoms with van der Waals surface area (Å²) in [4.78, 5) is 6.57. The summed E-state index contributed by atoms with van der Waals surface area (Å²) < 4.78 is 7.05. The van der Waals surface area contributed by atoms with Crippen LogP contribution in [0.3, 0.4) is 0 Å². The summed E-state index contributed by atoms with van der Waals surface area (Å²) in [7, 11) is 2.00. The Morgan fingerprint density at radius 1 is 1.17 bits per heavy atom. The Hall–Kier alpha value is -1.27. The standard InChI is InChI=1S/C18H20ClIN2O/c1-5-22(4)11-21-17-6-13(3)18(7-12(17)2)23-16-9-14(19)8-15(20)10-16/h6-11H,5H2,1-4H3. The lowest BCUT2D eigenvalue weighted by Gasteiger charge is -2.13. The minimum atomic E-state index is 0.671. The second kappa shape index (κ2) is 8.02. The molecule has 0 saturated heterocycles. The van der Waals surface area contributed by atoms with Crippen molar-refractivity contribution in [3.8, 4) is 11.5 Å². The van der Waals surface area contributed by atoms with E-state index in [9.17, 15) is 0 Å². The minimum absolute atomic E-state index is 0.671. The molecule has 0 atom stereocenters. The summed E-state index contributed by atoms with van der Waals surface area (Å²) in [6, 6.07) is 9.74. The van der Waals surface area contributed by atoms with E-state index in [-0.39, 0.29) is 0 Å². The Bertz CT molecular complexity index is 711. The van der Waals surface area contributed by atoms with E-state index in [0.29, 0.717) is 5.02 Å². The molecule has 0 fully saturated rings. The smallest absolute Gasteiger partial charge is 0.130 e. The van der Waals surface area contributed by atoms with Crippen molar-refractivity contribution in [2.75, 3.05) is 13.6 Å². The van der Waals surface area contributed by atoms with Crippen LogP contribution in [0.2, 0.25) is 5.02 Å². The molecule has 0 aliphatic heterocycles. The third-order valence-corrected chi connectivity index (χ3v) is 4.29. The molecule has 0 aliphatic carbocycles. The molecular weight excluding hydrogens is 423 g/mol. The monoisotopic (exact) mass is 442 g/mol. The molecule has 0 radical (unpaired) electrons. The number of aliphatic imine (C=N–C) groups is 1. The van der Waals surface area contributed by atoms with Crippen LogP contribution in [0.15, 0.2) is 35.3 Å². The fraction of sp³-hybridized carbons (Fsp3) is 0.278. The van der Waals surface area contributed by atoms with Crippen molar-refractivity contribution >= 4 is 46.2 Å². The Labute approximate surface area is 156 Å². The Morgan fingerprint density at radius 3 is 2.57 bits per heavy atom. The second-order valence-electron chi connectivity index (χ2n) is 5.43. The molecule has 2 aromatic carbocycles. The lowest BCUT2D eigenvalue weighted by Crippen LogP contribution is -2.14. The number of hydrogen-bond acceptors (Lipinski definition) is 2. The van der Waals surface area contributed by atoms with E-state index in [2.05, 4.69) is 34.5 Å². The molecule has 0 unspecified atom stereocenters. The molecule has 0 bridgehead atoms. The Balaban J connectivity index is 2.27. The van der Waals surface area contributed by atoms with Crippen LogP contribution in [0.4, 0.5) is 5.69 Å². The van der Waals surface area contributed by atoms with Crippen molar-refractivity contribution in [1.82, 2.24) is 4.90 Å². The molecule has 0 amide bonds. The summed E-state index contributed by atoms with van der Waals surface area (Å²) in [6.07, 6.45) is 1.85. The van der Waals surface area contributed by atoms with E-state index in [1.165, 1.54) is 0 Å². The van der Waals surface area contributed by atoms with Gasteiger partial charge in [0, 0.05) is 22.2 Å². The zero-order valence-electron chi connectivity index (χ0n) is 13.7. The van der Waals surface area contributed by atoms with Gasteiger partial charge in [-0.3, -0.25) is 0 Å². The maximum absolute atomic E-state index is 6.09. The molecule has 2 rings (SSSR count). The molecule has 5 heteroatoms. The number of halogens is 2. The molecular formula is C18H20ClIN2O. The maximum Gasteiger partial charge on any atom is 0.130 e. The highest BCUT2D eigenvalue weighted by Crippen LogP contribution is 2.33. The zero-order chi connectivity index (χ0) is 17.0. The van der Waals surface area contributed by atoms with Gasteiger partial charge in [-0.05, 0) is 84.8 Å². The van der Waals surface area contributed by atoms with Crippen molar-refractivity contribution in [1.29, 1.82) is 0 Å². The topological polar surface area (TPSA) is 24.8 Å². The fourth-order valence-electron chi connectivity index (χ4n) is 1.98. The summed E-state index contributed by atoms with van der Waals surface area (Å²) in [5.41, 5.74) is 3.07. The highest BCUT2D eigenvalue weighted by Gasteiger charge is 2.07. The number of aryl methyl sites for hydroxylation is 2. The van der Waals surface area contributed by atoms with Gasteiger partial charge in [0.05, 0.1) is 12.0 Å². The molecule has 2 aromatic rings. The Morgan fingerprint density at radius 2 is 1.91 bits per heavy atom. The predicted molar refractivity (Wildman–Crippen MR) is 107 cm³/mol. The lowest BCUT2D eigenvalue weighted by molar-refractivity contribution is 0.478. The van der Waals surface area contributed by atoms with E-state index in [4.69, 9.17) is 16.3 Å². The third kappa shape index (κ3) is 5.11. The highest BCUT2D eigenvalue weighted by atomic mass is 127. The molecule has 122 valence electrons.